The van der Waals surface area contributed by atoms with Crippen LogP contribution in [0, 0.1) is 23.4 Å². The Morgan fingerprint density at radius 1 is 0.835 bits per heavy atom. The molecule has 2 unspecified atom stereocenters. The summed E-state index contributed by atoms with van der Waals surface area (Å²) in [7, 11) is 1.40. The molecule has 7 atom stereocenters. The van der Waals surface area contributed by atoms with Crippen molar-refractivity contribution in [3.8, 4) is 0 Å². The maximum absolute atomic E-state index is 15.3. The van der Waals surface area contributed by atoms with Crippen LogP contribution >= 0.6 is 0 Å². The van der Waals surface area contributed by atoms with Crippen molar-refractivity contribution in [1.82, 2.24) is 29.8 Å². The molecule has 3 fully saturated rings. The van der Waals surface area contributed by atoms with Crippen molar-refractivity contribution in [1.29, 1.82) is 0 Å². The predicted molar refractivity (Wildman–Crippen MR) is 309 cm³/mol. The van der Waals surface area contributed by atoms with Gasteiger partial charge >= 0.3 is 12.2 Å². The number of likely N-dealkylation sites (N-methyl/N-ethyl adjacent to an activating group) is 1. The van der Waals surface area contributed by atoms with Gasteiger partial charge in [0.2, 0.25) is 23.6 Å². The largest absolute Gasteiger partial charge is 0.465 e. The molecule has 0 saturated carbocycles. The molecule has 0 bridgehead atoms. The number of hydrogen-bond acceptors (Lipinski definition) is 12. The Hall–Kier alpha value is -7.60. The highest BCUT2D eigenvalue weighted by atomic mass is 19.1. The predicted octanol–water partition coefficient (Wildman–Crippen LogP) is 6.90. The molecule has 7 amide bonds. The number of ether oxygens (including phenoxy) is 3. The number of nitrogens with zero attached hydrogens (tertiary/aromatic N) is 6. The van der Waals surface area contributed by atoms with Crippen LogP contribution in [-0.4, -0.2) is 180 Å². The van der Waals surface area contributed by atoms with Gasteiger partial charge in [-0.25, -0.2) is 22.8 Å². The number of para-hydroxylation sites is 1. The Labute approximate surface area is 492 Å². The number of amides is 7. The van der Waals surface area contributed by atoms with E-state index in [4.69, 9.17) is 14.2 Å². The van der Waals surface area contributed by atoms with Crippen LogP contribution in [0.2, 0.25) is 0 Å². The van der Waals surface area contributed by atoms with Gasteiger partial charge in [0.1, 0.15) is 46.9 Å². The lowest BCUT2D eigenvalue weighted by Gasteiger charge is -2.47. The second kappa shape index (κ2) is 25.5. The van der Waals surface area contributed by atoms with Crippen LogP contribution in [0.25, 0.3) is 0 Å². The molecular formula is C62H76F3N9O11. The van der Waals surface area contributed by atoms with E-state index in [0.717, 1.165) is 34.2 Å². The van der Waals surface area contributed by atoms with E-state index >= 15 is 23.2 Å². The van der Waals surface area contributed by atoms with Gasteiger partial charge in [0.05, 0.1) is 25.2 Å². The number of carboxylic acid groups (broad SMARTS) is 1. The van der Waals surface area contributed by atoms with Crippen LogP contribution in [0.4, 0.5) is 39.8 Å². The van der Waals surface area contributed by atoms with E-state index in [1.807, 2.05) is 24.0 Å². The minimum Gasteiger partial charge on any atom is -0.465 e. The van der Waals surface area contributed by atoms with Crippen molar-refractivity contribution in [2.75, 3.05) is 88.3 Å². The van der Waals surface area contributed by atoms with E-state index in [1.54, 1.807) is 69.9 Å². The maximum atomic E-state index is 15.3. The minimum atomic E-state index is -1.56. The first kappa shape index (κ1) is 61.9. The zero-order valence-electron chi connectivity index (χ0n) is 49.3. The van der Waals surface area contributed by atoms with Crippen molar-refractivity contribution in [2.45, 2.75) is 122 Å². The SMILES string of the molecule is CC(C(=O)NC(C(=O)N1Cc2ccc(NC(=O)[C@@]3(C)CN(C(=O)CN4C[C@@H](C)N(C(=O)O)C[C@@H]4CN4CCOC[C@H]4C)c4cc(Cc5ccc(F)cc5)ccc43)cc2[C@H]1C(=O)Nc1c(F)cccc1F)C1CCOCC1)N(C)C(=O)OC(C)(C)C. The summed E-state index contributed by atoms with van der Waals surface area (Å²) >= 11 is 0. The number of fused-ring (bicyclic) bond motifs is 2. The fourth-order valence-corrected chi connectivity index (χ4v) is 12.1. The highest BCUT2D eigenvalue weighted by Gasteiger charge is 2.49. The molecule has 0 spiro atoms. The third-order valence-corrected chi connectivity index (χ3v) is 17.1. The average molecular weight is 1180 g/mol. The van der Waals surface area contributed by atoms with Gasteiger partial charge in [0.15, 0.2) is 0 Å². The molecule has 5 aliphatic rings. The summed E-state index contributed by atoms with van der Waals surface area (Å²) in [6, 6.07) is 14.8. The second-order valence-corrected chi connectivity index (χ2v) is 24.3. The summed E-state index contributed by atoms with van der Waals surface area (Å²) in [6.07, 6.45) is -0.747. The van der Waals surface area contributed by atoms with Gasteiger partial charge in [-0.15, -0.1) is 0 Å². The van der Waals surface area contributed by atoms with Crippen LogP contribution in [0.5, 0.6) is 0 Å². The molecule has 0 aromatic heterocycles. The summed E-state index contributed by atoms with van der Waals surface area (Å²) in [5.74, 6) is -6.25. The first-order chi connectivity index (χ1) is 40.3. The molecule has 85 heavy (non-hydrogen) atoms. The van der Waals surface area contributed by atoms with Gasteiger partial charge in [0.25, 0.3) is 5.91 Å². The topological polar surface area (TPSA) is 223 Å². The number of benzene rings is 4. The number of rotatable bonds is 15. The van der Waals surface area contributed by atoms with Crippen molar-refractivity contribution < 1.29 is 66.1 Å². The molecular weight excluding hydrogens is 1100 g/mol. The number of morpholine rings is 1. The molecule has 0 radical (unpaired) electrons. The summed E-state index contributed by atoms with van der Waals surface area (Å²) in [5.41, 5.74) is 0.433. The Morgan fingerprint density at radius 2 is 1.53 bits per heavy atom. The van der Waals surface area contributed by atoms with Crippen molar-refractivity contribution >= 4 is 58.8 Å². The van der Waals surface area contributed by atoms with Gasteiger partial charge in [-0.3, -0.25) is 38.7 Å². The lowest BCUT2D eigenvalue weighted by atomic mass is 9.82. The Balaban J connectivity index is 1.02. The van der Waals surface area contributed by atoms with E-state index in [1.165, 1.54) is 42.0 Å². The van der Waals surface area contributed by atoms with E-state index in [2.05, 4.69) is 20.9 Å². The van der Waals surface area contributed by atoms with Gasteiger partial charge in [-0.05, 0) is 144 Å². The Bertz CT molecular complexity index is 3180. The molecule has 3 saturated heterocycles. The molecule has 0 aliphatic carbocycles. The number of hydrogen-bond donors (Lipinski definition) is 4. The van der Waals surface area contributed by atoms with E-state index in [-0.39, 0.29) is 81.0 Å². The van der Waals surface area contributed by atoms with Crippen LogP contribution in [0.15, 0.2) is 78.9 Å². The molecule has 9 rings (SSSR count). The van der Waals surface area contributed by atoms with E-state index < -0.39 is 94.2 Å². The number of halogens is 3. The molecule has 23 heteroatoms. The summed E-state index contributed by atoms with van der Waals surface area (Å²) < 4.78 is 61.4. The monoisotopic (exact) mass is 1180 g/mol. The first-order valence-electron chi connectivity index (χ1n) is 28.9. The normalized spacial score (nSPS) is 22.6. The summed E-state index contributed by atoms with van der Waals surface area (Å²) in [5, 5.41) is 18.4. The zero-order chi connectivity index (χ0) is 61.2. The van der Waals surface area contributed by atoms with Crippen LogP contribution in [0.3, 0.4) is 0 Å². The molecule has 4 N–H and O–H groups in total. The van der Waals surface area contributed by atoms with Crippen LogP contribution < -0.4 is 20.9 Å². The zero-order valence-corrected chi connectivity index (χ0v) is 49.3. The third kappa shape index (κ3) is 13.7. The highest BCUT2D eigenvalue weighted by molar-refractivity contribution is 6.07. The fourth-order valence-electron chi connectivity index (χ4n) is 12.1. The molecule has 20 nitrogen and oxygen atoms in total. The van der Waals surface area contributed by atoms with Gasteiger partial charge in [-0.2, -0.15) is 0 Å². The molecule has 4 aromatic rings. The lowest BCUT2D eigenvalue weighted by Crippen LogP contribution is -2.64. The lowest BCUT2D eigenvalue weighted by molar-refractivity contribution is -0.144. The number of carbonyl (C=O) groups is 7. The Morgan fingerprint density at radius 3 is 2.20 bits per heavy atom. The number of nitrogens with one attached hydrogen (secondary N) is 3. The number of piperazine rings is 1. The van der Waals surface area contributed by atoms with Crippen molar-refractivity contribution in [3.63, 3.8) is 0 Å². The number of carbonyl (C=O) groups excluding carboxylic acids is 6. The van der Waals surface area contributed by atoms with Crippen LogP contribution in [-0.2, 0) is 56.6 Å². The van der Waals surface area contributed by atoms with Crippen molar-refractivity contribution in [3.05, 3.63) is 124 Å². The standard InChI is InChI=1S/C62H76F3N9O11/c1-36-29-71(45(32-72(36)59(80)81)31-70-22-25-84-34-37(70)2)33-51(75)74-35-62(7,47-19-14-40(27-50(47)74)26-39-12-16-43(63)17-13-39)58(79)66-44-18-15-42-30-73(54(46(42)28-44)56(77)68-53-48(64)10-9-11-49(53)65)57(78)52(41-20-23-83-24-21-41)67-55(76)38(3)69(8)60(82)85-61(4,5)6/h9-19,27-28,36-38,41,45,52,54H,20-26,29-35H2,1-8H3,(H,66,79)(H,67,76)(H,68,77)(H,80,81)/t36-,37-,38?,45+,52?,54+,62+/m1/s1. The molecule has 4 aromatic carbocycles. The van der Waals surface area contributed by atoms with Crippen LogP contribution in [0.1, 0.15) is 95.2 Å². The summed E-state index contributed by atoms with van der Waals surface area (Å²) in [4.78, 5) is 110. The van der Waals surface area contributed by atoms with E-state index in [0.29, 0.717) is 62.4 Å². The quantitative estimate of drug-likeness (QED) is 0.0953. The number of anilines is 3. The fraction of sp³-hybridized carbons (Fsp3) is 0.500. The second-order valence-electron chi connectivity index (χ2n) is 24.3. The Kier molecular flexibility index (Phi) is 18.6. The molecule has 456 valence electrons. The van der Waals surface area contributed by atoms with Crippen molar-refractivity contribution in [2.24, 2.45) is 5.92 Å². The first-order valence-corrected chi connectivity index (χ1v) is 28.9. The average Bonchev–Trinajstić information content (AvgIpc) is 1.69. The minimum absolute atomic E-state index is 0.0665. The maximum Gasteiger partial charge on any atom is 0.410 e. The third-order valence-electron chi connectivity index (χ3n) is 17.1. The van der Waals surface area contributed by atoms with Gasteiger partial charge < -0.3 is 50.0 Å². The van der Waals surface area contributed by atoms with E-state index in [9.17, 15) is 28.7 Å². The van der Waals surface area contributed by atoms with Gasteiger partial charge in [-0.1, -0.05) is 36.4 Å². The smallest absolute Gasteiger partial charge is 0.410 e. The molecule has 5 aliphatic heterocycles. The van der Waals surface area contributed by atoms with Gasteiger partial charge in [0, 0.05) is 89.0 Å². The molecule has 5 heterocycles. The summed E-state index contributed by atoms with van der Waals surface area (Å²) in [6.45, 7) is 14.9. The highest BCUT2D eigenvalue weighted by Crippen LogP contribution is 2.44.